The van der Waals surface area contributed by atoms with Crippen LogP contribution in [-0.4, -0.2) is 4.57 Å². The molecular weight excluding hydrogens is 324 g/mol. The lowest BCUT2D eigenvalue weighted by Crippen LogP contribution is -2.27. The second kappa shape index (κ2) is 7.62. The van der Waals surface area contributed by atoms with E-state index in [-0.39, 0.29) is 17.0 Å². The monoisotopic (exact) mass is 352 g/mol. The summed E-state index contributed by atoms with van der Waals surface area (Å²) in [6.45, 7) is 3.48. The Morgan fingerprint density at radius 2 is 1.48 bits per heavy atom. The maximum absolute atomic E-state index is 8.53. The topological polar surface area (TPSA) is 28.8 Å². The second-order valence-electron chi connectivity index (χ2n) is 6.50. The Hall–Kier alpha value is -0.570. The van der Waals surface area contributed by atoms with Crippen molar-refractivity contribution in [1.29, 1.82) is 5.41 Å². The highest BCUT2D eigenvalue weighted by Crippen LogP contribution is 2.27. The quantitative estimate of drug-likeness (QED) is 0.756. The van der Waals surface area contributed by atoms with E-state index in [1.54, 1.807) is 0 Å². The van der Waals surface area contributed by atoms with Crippen molar-refractivity contribution in [2.75, 3.05) is 0 Å². The molecule has 2 nitrogen and oxygen atoms in total. The van der Waals surface area contributed by atoms with Crippen molar-refractivity contribution in [2.45, 2.75) is 84.1 Å². The molecule has 3 heteroatoms. The highest BCUT2D eigenvalue weighted by molar-refractivity contribution is 8.93. The minimum absolute atomic E-state index is 0. The average molecular weight is 353 g/mol. The van der Waals surface area contributed by atoms with Crippen LogP contribution in [0.4, 0.5) is 0 Å². The maximum atomic E-state index is 8.53. The normalized spacial score (nSPS) is 16.2. The van der Waals surface area contributed by atoms with Crippen molar-refractivity contribution in [3.8, 4) is 0 Å². The average Bonchev–Trinajstić information content (AvgIpc) is 2.96. The summed E-state index contributed by atoms with van der Waals surface area (Å²) in [5, 5.41) is 9.45. The third-order valence-electron chi connectivity index (χ3n) is 5.12. The summed E-state index contributed by atoms with van der Waals surface area (Å²) in [4.78, 5) is 0. The molecule has 1 heterocycles. The molecule has 3 rings (SSSR count). The lowest BCUT2D eigenvalue weighted by molar-refractivity contribution is 0.522. The number of halogens is 1. The third-order valence-corrected chi connectivity index (χ3v) is 5.12. The SMILES string of the molecule is Br.CCCCCCn1c2c(c(=N)c3c1CCC3)CCCC2. The molecule has 0 bridgehead atoms. The van der Waals surface area contributed by atoms with Crippen LogP contribution in [0.2, 0.25) is 0 Å². The molecule has 0 atom stereocenters. The van der Waals surface area contributed by atoms with E-state index in [9.17, 15) is 0 Å². The van der Waals surface area contributed by atoms with Crippen molar-refractivity contribution in [1.82, 2.24) is 4.57 Å². The van der Waals surface area contributed by atoms with Gasteiger partial charge in [0, 0.05) is 17.9 Å². The Kier molecular flexibility index (Phi) is 6.09. The van der Waals surface area contributed by atoms with Crippen molar-refractivity contribution in [3.63, 3.8) is 0 Å². The van der Waals surface area contributed by atoms with Gasteiger partial charge in [0.1, 0.15) is 0 Å². The molecule has 0 saturated heterocycles. The highest BCUT2D eigenvalue weighted by atomic mass is 79.9. The van der Waals surface area contributed by atoms with Crippen molar-refractivity contribution in [3.05, 3.63) is 27.9 Å². The fraction of sp³-hybridized carbons (Fsp3) is 0.722. The van der Waals surface area contributed by atoms with Crippen LogP contribution in [0.1, 0.15) is 74.4 Å². The number of fused-ring (bicyclic) bond motifs is 2. The van der Waals surface area contributed by atoms with Gasteiger partial charge >= 0.3 is 0 Å². The Balaban J connectivity index is 0.00000161. The van der Waals surface area contributed by atoms with Gasteiger partial charge in [-0.2, -0.15) is 0 Å². The fourth-order valence-electron chi connectivity index (χ4n) is 4.06. The van der Waals surface area contributed by atoms with Crippen LogP contribution in [0.3, 0.4) is 0 Å². The molecule has 0 amide bonds. The number of aromatic nitrogens is 1. The van der Waals surface area contributed by atoms with E-state index in [0.717, 1.165) is 18.2 Å². The minimum Gasteiger partial charge on any atom is -0.348 e. The molecule has 1 aromatic rings. The fourth-order valence-corrected chi connectivity index (χ4v) is 4.06. The number of nitrogens with one attached hydrogen (secondary N) is 1. The molecule has 0 aromatic carbocycles. The molecule has 0 unspecified atom stereocenters. The molecule has 0 radical (unpaired) electrons. The summed E-state index contributed by atoms with van der Waals surface area (Å²) in [7, 11) is 0. The lowest BCUT2D eigenvalue weighted by atomic mass is 9.92. The van der Waals surface area contributed by atoms with Crippen LogP contribution in [0.25, 0.3) is 0 Å². The van der Waals surface area contributed by atoms with Gasteiger partial charge in [-0.05, 0) is 62.5 Å². The second-order valence-corrected chi connectivity index (χ2v) is 6.50. The number of nitrogens with zero attached hydrogens (tertiary/aromatic N) is 1. The van der Waals surface area contributed by atoms with Gasteiger partial charge in [-0.15, -0.1) is 17.0 Å². The van der Waals surface area contributed by atoms with E-state index in [1.165, 1.54) is 86.8 Å². The lowest BCUT2D eigenvalue weighted by Gasteiger charge is -2.26. The van der Waals surface area contributed by atoms with Gasteiger partial charge in [0.05, 0.1) is 5.36 Å². The summed E-state index contributed by atoms with van der Waals surface area (Å²) >= 11 is 0. The van der Waals surface area contributed by atoms with Crippen LogP contribution >= 0.6 is 17.0 Å². The van der Waals surface area contributed by atoms with E-state index in [4.69, 9.17) is 5.41 Å². The maximum Gasteiger partial charge on any atom is 0.0638 e. The molecule has 118 valence electrons. The number of rotatable bonds is 5. The molecule has 21 heavy (non-hydrogen) atoms. The zero-order valence-corrected chi connectivity index (χ0v) is 15.1. The van der Waals surface area contributed by atoms with Gasteiger partial charge < -0.3 is 9.98 Å². The summed E-state index contributed by atoms with van der Waals surface area (Å²) in [5.41, 5.74) is 5.83. The molecule has 2 aliphatic carbocycles. The molecule has 1 N–H and O–H groups in total. The first-order valence-corrected chi connectivity index (χ1v) is 8.63. The van der Waals surface area contributed by atoms with Gasteiger partial charge in [0.15, 0.2) is 0 Å². The van der Waals surface area contributed by atoms with E-state index >= 15 is 0 Å². The highest BCUT2D eigenvalue weighted by Gasteiger charge is 2.23. The van der Waals surface area contributed by atoms with Crippen LogP contribution in [0.5, 0.6) is 0 Å². The number of hydrogen-bond donors (Lipinski definition) is 1. The molecule has 2 aliphatic rings. The molecule has 0 aliphatic heterocycles. The van der Waals surface area contributed by atoms with Crippen LogP contribution < -0.4 is 5.36 Å². The zero-order chi connectivity index (χ0) is 13.9. The van der Waals surface area contributed by atoms with Crippen LogP contribution in [0.15, 0.2) is 0 Å². The van der Waals surface area contributed by atoms with Crippen LogP contribution in [-0.2, 0) is 32.2 Å². The predicted molar refractivity (Wildman–Crippen MR) is 93.4 cm³/mol. The van der Waals surface area contributed by atoms with Gasteiger partial charge in [-0.1, -0.05) is 26.2 Å². The minimum atomic E-state index is 0. The number of hydrogen-bond acceptors (Lipinski definition) is 1. The van der Waals surface area contributed by atoms with Crippen molar-refractivity contribution < 1.29 is 0 Å². The summed E-state index contributed by atoms with van der Waals surface area (Å²) in [6, 6.07) is 0. The number of unbranched alkanes of at least 4 members (excludes halogenated alkanes) is 3. The molecule has 1 aromatic heterocycles. The van der Waals surface area contributed by atoms with Gasteiger partial charge in [-0.25, -0.2) is 0 Å². The van der Waals surface area contributed by atoms with Crippen LogP contribution in [0, 0.1) is 5.41 Å². The Labute approximate surface area is 139 Å². The molecule has 0 spiro atoms. The Morgan fingerprint density at radius 1 is 0.857 bits per heavy atom. The van der Waals surface area contributed by atoms with Gasteiger partial charge in [0.2, 0.25) is 0 Å². The molecular formula is C18H29BrN2. The standard InChI is InChI=1S/C18H28N2.BrH/c1-2-3-4-7-13-20-16-11-6-5-9-14(16)18(19)15-10-8-12-17(15)20;/h19H,2-13H2,1H3;1H. The van der Waals surface area contributed by atoms with Crippen molar-refractivity contribution >= 4 is 17.0 Å². The number of pyridine rings is 1. The first-order chi connectivity index (χ1) is 9.83. The van der Waals surface area contributed by atoms with E-state index in [1.807, 2.05) is 0 Å². The van der Waals surface area contributed by atoms with Crippen molar-refractivity contribution in [2.24, 2.45) is 0 Å². The van der Waals surface area contributed by atoms with E-state index in [2.05, 4.69) is 11.5 Å². The Bertz CT molecular complexity index is 545. The van der Waals surface area contributed by atoms with Gasteiger partial charge in [0.25, 0.3) is 0 Å². The Morgan fingerprint density at radius 3 is 2.19 bits per heavy atom. The van der Waals surface area contributed by atoms with E-state index < -0.39 is 0 Å². The molecule has 0 saturated carbocycles. The zero-order valence-electron chi connectivity index (χ0n) is 13.3. The smallest absolute Gasteiger partial charge is 0.0638 e. The summed E-state index contributed by atoms with van der Waals surface area (Å²) < 4.78 is 2.64. The summed E-state index contributed by atoms with van der Waals surface area (Å²) in [6.07, 6.45) is 13.9. The first-order valence-electron chi connectivity index (χ1n) is 8.63. The molecule has 0 fully saturated rings. The largest absolute Gasteiger partial charge is 0.348 e. The first kappa shape index (κ1) is 16.8. The van der Waals surface area contributed by atoms with Gasteiger partial charge in [-0.3, -0.25) is 0 Å². The van der Waals surface area contributed by atoms with E-state index in [0.29, 0.717) is 0 Å². The third kappa shape index (κ3) is 3.28. The summed E-state index contributed by atoms with van der Waals surface area (Å²) in [5.74, 6) is 0. The predicted octanol–water partition coefficient (Wildman–Crippen LogP) is 4.49.